The van der Waals surface area contributed by atoms with E-state index < -0.39 is 29.7 Å². The molecular weight excluding hydrogens is 274 g/mol. The van der Waals surface area contributed by atoms with E-state index >= 15 is 0 Å². The van der Waals surface area contributed by atoms with Crippen molar-refractivity contribution in [2.24, 2.45) is 11.8 Å². The maximum Gasteiger partial charge on any atom is 0.337 e. The van der Waals surface area contributed by atoms with Gasteiger partial charge in [0.1, 0.15) is 0 Å². The van der Waals surface area contributed by atoms with Crippen LogP contribution in [0.25, 0.3) is 0 Å². The molecule has 0 aromatic heterocycles. The molecule has 1 amide bonds. The van der Waals surface area contributed by atoms with Crippen molar-refractivity contribution in [1.29, 1.82) is 0 Å². The second-order valence-corrected chi connectivity index (χ2v) is 5.18. The number of aliphatic carboxylic acids is 1. The Morgan fingerprint density at radius 1 is 1.00 bits per heavy atom. The second-order valence-electron chi connectivity index (χ2n) is 5.18. The van der Waals surface area contributed by atoms with E-state index in [2.05, 4.69) is 5.32 Å². The van der Waals surface area contributed by atoms with Crippen LogP contribution in [0.1, 0.15) is 36.0 Å². The van der Waals surface area contributed by atoms with Crippen LogP contribution in [0.2, 0.25) is 0 Å². The first-order chi connectivity index (χ1) is 10.0. The molecule has 0 heterocycles. The highest BCUT2D eigenvalue weighted by Crippen LogP contribution is 2.31. The van der Waals surface area contributed by atoms with Gasteiger partial charge in [-0.15, -0.1) is 0 Å². The standard InChI is InChI=1S/C15H17NO5/c17-13(9-5-1-2-6-10(9)14(18)19)16-12-8-4-3-7-11(12)15(20)21/h3-4,7-10H,1-2,5-6H2,(H,16,17)(H,18,19)(H,20,21)/t9-,10-/m1/s1. The van der Waals surface area contributed by atoms with Gasteiger partial charge in [0, 0.05) is 0 Å². The second kappa shape index (κ2) is 6.39. The first-order valence-corrected chi connectivity index (χ1v) is 6.86. The Bertz CT molecular complexity index is 569. The van der Waals surface area contributed by atoms with E-state index in [0.717, 1.165) is 12.8 Å². The molecule has 2 atom stereocenters. The Balaban J connectivity index is 2.17. The van der Waals surface area contributed by atoms with Gasteiger partial charge in [0.15, 0.2) is 0 Å². The van der Waals surface area contributed by atoms with Crippen molar-refractivity contribution in [1.82, 2.24) is 0 Å². The van der Waals surface area contributed by atoms with Crippen molar-refractivity contribution in [3.05, 3.63) is 29.8 Å². The normalized spacial score (nSPS) is 21.5. The van der Waals surface area contributed by atoms with E-state index in [1.165, 1.54) is 12.1 Å². The number of anilines is 1. The monoisotopic (exact) mass is 291 g/mol. The lowest BCUT2D eigenvalue weighted by Gasteiger charge is -2.27. The number of benzene rings is 1. The van der Waals surface area contributed by atoms with Gasteiger partial charge in [-0.25, -0.2) is 4.79 Å². The highest BCUT2D eigenvalue weighted by atomic mass is 16.4. The van der Waals surface area contributed by atoms with E-state index in [0.29, 0.717) is 12.8 Å². The molecule has 1 aliphatic rings. The average Bonchev–Trinajstić information content (AvgIpc) is 2.47. The zero-order valence-electron chi connectivity index (χ0n) is 11.4. The first kappa shape index (κ1) is 15.0. The summed E-state index contributed by atoms with van der Waals surface area (Å²) in [6, 6.07) is 6.09. The molecule has 21 heavy (non-hydrogen) atoms. The lowest BCUT2D eigenvalue weighted by molar-refractivity contribution is -0.147. The SMILES string of the molecule is O=C(O)c1ccccc1NC(=O)[C@@H]1CCCC[C@H]1C(=O)O. The third kappa shape index (κ3) is 3.39. The molecule has 0 aliphatic heterocycles. The van der Waals surface area contributed by atoms with Gasteiger partial charge in [0.2, 0.25) is 5.91 Å². The molecule has 3 N–H and O–H groups in total. The van der Waals surface area contributed by atoms with Crippen molar-refractivity contribution >= 4 is 23.5 Å². The summed E-state index contributed by atoms with van der Waals surface area (Å²) in [7, 11) is 0. The van der Waals surface area contributed by atoms with Crippen molar-refractivity contribution in [2.45, 2.75) is 25.7 Å². The van der Waals surface area contributed by atoms with Crippen molar-refractivity contribution in [3.8, 4) is 0 Å². The molecule has 112 valence electrons. The van der Waals surface area contributed by atoms with Crippen LogP contribution in [-0.4, -0.2) is 28.1 Å². The summed E-state index contributed by atoms with van der Waals surface area (Å²) >= 11 is 0. The van der Waals surface area contributed by atoms with Crippen LogP contribution in [0.15, 0.2) is 24.3 Å². The van der Waals surface area contributed by atoms with Gasteiger partial charge in [-0.05, 0) is 25.0 Å². The Hall–Kier alpha value is -2.37. The van der Waals surface area contributed by atoms with Crippen LogP contribution in [0.3, 0.4) is 0 Å². The summed E-state index contributed by atoms with van der Waals surface area (Å²) in [6.07, 6.45) is 2.60. The van der Waals surface area contributed by atoms with Gasteiger partial charge in [-0.2, -0.15) is 0 Å². The predicted octanol–water partition coefficient (Wildman–Crippen LogP) is 2.21. The molecule has 1 aromatic carbocycles. The number of carbonyl (C=O) groups is 3. The average molecular weight is 291 g/mol. The molecule has 1 aromatic rings. The smallest absolute Gasteiger partial charge is 0.337 e. The number of rotatable bonds is 4. The molecule has 0 radical (unpaired) electrons. The Labute approximate surface area is 121 Å². The molecule has 6 heteroatoms. The molecule has 2 rings (SSSR count). The van der Waals surface area contributed by atoms with Gasteiger partial charge < -0.3 is 15.5 Å². The highest BCUT2D eigenvalue weighted by molar-refractivity contribution is 6.02. The minimum atomic E-state index is -1.13. The largest absolute Gasteiger partial charge is 0.481 e. The van der Waals surface area contributed by atoms with Crippen LogP contribution >= 0.6 is 0 Å². The fourth-order valence-corrected chi connectivity index (χ4v) is 2.74. The number of carboxylic acid groups (broad SMARTS) is 2. The summed E-state index contributed by atoms with van der Waals surface area (Å²) in [4.78, 5) is 34.6. The molecular formula is C15H17NO5. The topological polar surface area (TPSA) is 104 Å². The number of carbonyl (C=O) groups excluding carboxylic acids is 1. The maximum absolute atomic E-state index is 12.3. The fourth-order valence-electron chi connectivity index (χ4n) is 2.74. The van der Waals surface area contributed by atoms with Crippen LogP contribution < -0.4 is 5.32 Å². The van der Waals surface area contributed by atoms with Gasteiger partial charge in [0.05, 0.1) is 23.1 Å². The zero-order valence-corrected chi connectivity index (χ0v) is 11.4. The summed E-state index contributed by atoms with van der Waals surface area (Å²) in [5.74, 6) is -3.84. The van der Waals surface area contributed by atoms with E-state index in [4.69, 9.17) is 5.11 Å². The third-order valence-corrected chi connectivity index (χ3v) is 3.84. The van der Waals surface area contributed by atoms with Gasteiger partial charge >= 0.3 is 11.9 Å². The summed E-state index contributed by atoms with van der Waals surface area (Å²) in [5.41, 5.74) is 0.193. The molecule has 0 bridgehead atoms. The maximum atomic E-state index is 12.3. The summed E-state index contributed by atoms with van der Waals surface area (Å²) < 4.78 is 0. The van der Waals surface area contributed by atoms with E-state index in [-0.39, 0.29) is 11.3 Å². The van der Waals surface area contributed by atoms with Gasteiger partial charge in [-0.3, -0.25) is 9.59 Å². The predicted molar refractivity (Wildman–Crippen MR) is 75.1 cm³/mol. The fraction of sp³-hybridized carbons (Fsp3) is 0.400. The Morgan fingerprint density at radius 2 is 1.62 bits per heavy atom. The number of carboxylic acids is 2. The molecule has 1 saturated carbocycles. The quantitative estimate of drug-likeness (QED) is 0.789. The number of hydrogen-bond donors (Lipinski definition) is 3. The lowest BCUT2D eigenvalue weighted by Crippen LogP contribution is -2.36. The zero-order chi connectivity index (χ0) is 15.4. The number of amides is 1. The van der Waals surface area contributed by atoms with E-state index in [1.807, 2.05) is 0 Å². The van der Waals surface area contributed by atoms with Crippen LogP contribution in [0, 0.1) is 11.8 Å². The molecule has 6 nitrogen and oxygen atoms in total. The first-order valence-electron chi connectivity index (χ1n) is 6.86. The van der Waals surface area contributed by atoms with Crippen LogP contribution in [0.4, 0.5) is 5.69 Å². The molecule has 0 unspecified atom stereocenters. The number of aromatic carboxylic acids is 1. The third-order valence-electron chi connectivity index (χ3n) is 3.84. The van der Waals surface area contributed by atoms with Crippen LogP contribution in [0.5, 0.6) is 0 Å². The number of hydrogen-bond acceptors (Lipinski definition) is 3. The van der Waals surface area contributed by atoms with Gasteiger partial charge in [-0.1, -0.05) is 25.0 Å². The Kier molecular flexibility index (Phi) is 4.57. The minimum Gasteiger partial charge on any atom is -0.481 e. The molecule has 1 fully saturated rings. The van der Waals surface area contributed by atoms with E-state index in [9.17, 15) is 19.5 Å². The van der Waals surface area contributed by atoms with Crippen LogP contribution in [-0.2, 0) is 9.59 Å². The summed E-state index contributed by atoms with van der Waals surface area (Å²) in [5, 5.41) is 20.8. The van der Waals surface area contributed by atoms with Crippen molar-refractivity contribution in [3.63, 3.8) is 0 Å². The van der Waals surface area contributed by atoms with Crippen molar-refractivity contribution in [2.75, 3.05) is 5.32 Å². The summed E-state index contributed by atoms with van der Waals surface area (Å²) in [6.45, 7) is 0. The van der Waals surface area contributed by atoms with Gasteiger partial charge in [0.25, 0.3) is 0 Å². The Morgan fingerprint density at radius 3 is 2.24 bits per heavy atom. The lowest BCUT2D eigenvalue weighted by atomic mass is 9.78. The highest BCUT2D eigenvalue weighted by Gasteiger charge is 2.35. The molecule has 0 saturated heterocycles. The molecule has 1 aliphatic carbocycles. The molecule has 0 spiro atoms. The number of para-hydroxylation sites is 1. The minimum absolute atomic E-state index is 0.00599. The van der Waals surface area contributed by atoms with Crippen molar-refractivity contribution < 1.29 is 24.6 Å². The number of nitrogens with one attached hydrogen (secondary N) is 1. The van der Waals surface area contributed by atoms with E-state index in [1.54, 1.807) is 12.1 Å².